The van der Waals surface area contributed by atoms with Crippen LogP contribution in [0.3, 0.4) is 0 Å². The molecule has 8 nitrogen and oxygen atoms in total. The Hall–Kier alpha value is -2.48. The lowest BCUT2D eigenvalue weighted by Crippen LogP contribution is -2.44. The normalized spacial score (nSPS) is 22.7. The number of nitrogens with one attached hydrogen (secondary N) is 1. The average molecular weight is 439 g/mol. The minimum atomic E-state index is -0.195. The molecule has 8 heteroatoms. The second-order valence-electron chi connectivity index (χ2n) is 9.67. The molecule has 1 N–H and O–H groups in total. The van der Waals surface area contributed by atoms with Gasteiger partial charge in [0.2, 0.25) is 0 Å². The van der Waals surface area contributed by atoms with Gasteiger partial charge in [-0.15, -0.1) is 0 Å². The highest BCUT2D eigenvalue weighted by molar-refractivity contribution is 5.95. The molecule has 4 heterocycles. The Morgan fingerprint density at radius 1 is 1.09 bits per heavy atom. The van der Waals surface area contributed by atoms with Gasteiger partial charge in [-0.05, 0) is 45.4 Å². The van der Waals surface area contributed by atoms with E-state index in [0.717, 1.165) is 55.7 Å². The number of aryl methyl sites for hydroxylation is 1. The smallest absolute Gasteiger partial charge is 0.257 e. The first-order valence-corrected chi connectivity index (χ1v) is 12.2. The summed E-state index contributed by atoms with van der Waals surface area (Å²) >= 11 is 0. The maximum Gasteiger partial charge on any atom is 0.257 e. The second-order valence-corrected chi connectivity index (χ2v) is 9.67. The molecule has 0 radical (unpaired) electrons. The summed E-state index contributed by atoms with van der Waals surface area (Å²) in [5, 5.41) is 4.24. The van der Waals surface area contributed by atoms with Crippen LogP contribution in [0.25, 0.3) is 0 Å². The zero-order valence-corrected chi connectivity index (χ0v) is 19.3. The summed E-state index contributed by atoms with van der Waals surface area (Å²) in [6.45, 7) is 4.28. The summed E-state index contributed by atoms with van der Waals surface area (Å²) in [6, 6.07) is 0.418. The largest absolute Gasteiger partial charge is 0.328 e. The van der Waals surface area contributed by atoms with E-state index in [9.17, 15) is 9.59 Å². The summed E-state index contributed by atoms with van der Waals surface area (Å²) in [5.74, 6) is 0.623. The van der Waals surface area contributed by atoms with Crippen molar-refractivity contribution in [3.05, 3.63) is 44.9 Å². The van der Waals surface area contributed by atoms with E-state index in [1.54, 1.807) is 10.9 Å². The Morgan fingerprint density at radius 2 is 1.88 bits per heavy atom. The summed E-state index contributed by atoms with van der Waals surface area (Å²) in [4.78, 5) is 38.8. The molecule has 1 saturated heterocycles. The van der Waals surface area contributed by atoms with Gasteiger partial charge in [0.15, 0.2) is 0 Å². The average Bonchev–Trinajstić information content (AvgIpc) is 3.17. The summed E-state index contributed by atoms with van der Waals surface area (Å²) < 4.78 is 1.73. The van der Waals surface area contributed by atoms with E-state index in [2.05, 4.69) is 15.0 Å². The number of aromatic nitrogens is 4. The van der Waals surface area contributed by atoms with E-state index in [4.69, 9.17) is 4.98 Å². The number of H-pyrrole nitrogens is 1. The van der Waals surface area contributed by atoms with E-state index < -0.39 is 0 Å². The van der Waals surface area contributed by atoms with Crippen LogP contribution in [0.15, 0.2) is 11.0 Å². The van der Waals surface area contributed by atoms with Crippen molar-refractivity contribution in [3.63, 3.8) is 0 Å². The van der Waals surface area contributed by atoms with Crippen LogP contribution in [0.2, 0.25) is 0 Å². The fourth-order valence-corrected chi connectivity index (χ4v) is 5.72. The molecule has 1 atom stereocenters. The predicted octanol–water partition coefficient (Wildman–Crippen LogP) is 2.87. The van der Waals surface area contributed by atoms with Crippen molar-refractivity contribution in [1.82, 2.24) is 29.5 Å². The number of amides is 1. The first-order valence-electron chi connectivity index (χ1n) is 12.2. The van der Waals surface area contributed by atoms with Crippen LogP contribution in [0.1, 0.15) is 90.5 Å². The van der Waals surface area contributed by atoms with Gasteiger partial charge in [0, 0.05) is 44.0 Å². The highest BCUT2D eigenvalue weighted by Gasteiger charge is 2.34. The fraction of sp³-hybridized carbons (Fsp3) is 0.667. The first kappa shape index (κ1) is 21.4. The molecule has 0 bridgehead atoms. The molecular formula is C24H34N6O2. The molecule has 0 aromatic carbocycles. The second kappa shape index (κ2) is 8.81. The summed E-state index contributed by atoms with van der Waals surface area (Å²) in [7, 11) is 1.85. The molecule has 1 saturated carbocycles. The van der Waals surface area contributed by atoms with Crippen LogP contribution < -0.4 is 5.56 Å². The van der Waals surface area contributed by atoms with E-state index in [0.29, 0.717) is 24.0 Å². The van der Waals surface area contributed by atoms with Crippen molar-refractivity contribution < 1.29 is 4.79 Å². The maximum absolute atomic E-state index is 13.4. The minimum absolute atomic E-state index is 0.0236. The quantitative estimate of drug-likeness (QED) is 0.796. The van der Waals surface area contributed by atoms with Crippen LogP contribution in [0.5, 0.6) is 0 Å². The van der Waals surface area contributed by atoms with Crippen molar-refractivity contribution in [2.75, 3.05) is 13.1 Å². The van der Waals surface area contributed by atoms with Crippen molar-refractivity contribution >= 4 is 5.91 Å². The number of nitrogens with zero attached hydrogens (tertiary/aromatic N) is 5. The number of hydrogen-bond donors (Lipinski definition) is 1. The van der Waals surface area contributed by atoms with Gasteiger partial charge in [-0.2, -0.15) is 5.10 Å². The fourth-order valence-electron chi connectivity index (χ4n) is 5.72. The predicted molar refractivity (Wildman–Crippen MR) is 121 cm³/mol. The topological polar surface area (TPSA) is 87.1 Å². The highest BCUT2D eigenvalue weighted by atomic mass is 16.2. The van der Waals surface area contributed by atoms with Gasteiger partial charge in [0.05, 0.1) is 23.5 Å². The van der Waals surface area contributed by atoms with Gasteiger partial charge in [-0.25, -0.2) is 4.98 Å². The van der Waals surface area contributed by atoms with Gasteiger partial charge in [-0.1, -0.05) is 19.3 Å². The molecule has 0 spiro atoms. The standard InChI is InChI=1S/C24H34N6O2/c1-16-19(14-25-28(16)2)24(32)30-12-7-6-10-21(30)22-26-20-15-29(17-8-4-3-5-9-17)13-11-18(20)23(31)27-22/h14,17,21H,3-13,15H2,1-2H3,(H,26,27,31)/t21-/m1/s1. The van der Waals surface area contributed by atoms with Crippen molar-refractivity contribution in [1.29, 1.82) is 0 Å². The molecule has 2 aromatic rings. The molecule has 32 heavy (non-hydrogen) atoms. The van der Waals surface area contributed by atoms with Crippen LogP contribution in [0.4, 0.5) is 0 Å². The van der Waals surface area contributed by atoms with E-state index in [1.165, 1.54) is 32.1 Å². The number of likely N-dealkylation sites (tertiary alicyclic amines) is 1. The maximum atomic E-state index is 13.4. The number of rotatable bonds is 3. The zero-order valence-electron chi connectivity index (χ0n) is 19.3. The lowest BCUT2D eigenvalue weighted by Gasteiger charge is -2.38. The molecule has 0 unspecified atom stereocenters. The minimum Gasteiger partial charge on any atom is -0.328 e. The van der Waals surface area contributed by atoms with Gasteiger partial charge >= 0.3 is 0 Å². The van der Waals surface area contributed by atoms with E-state index >= 15 is 0 Å². The molecule has 172 valence electrons. The Kier molecular flexibility index (Phi) is 5.88. The third-order valence-electron chi connectivity index (χ3n) is 7.76. The molecule has 2 aromatic heterocycles. The van der Waals surface area contributed by atoms with Crippen LogP contribution in [-0.4, -0.2) is 54.6 Å². The number of piperidine rings is 1. The molecular weight excluding hydrogens is 404 g/mol. The number of fused-ring (bicyclic) bond motifs is 1. The first-order chi connectivity index (χ1) is 15.5. The molecule has 3 aliphatic rings. The lowest BCUT2D eigenvalue weighted by molar-refractivity contribution is 0.0597. The summed E-state index contributed by atoms with van der Waals surface area (Å²) in [5.41, 5.74) is 3.20. The van der Waals surface area contributed by atoms with Gasteiger partial charge in [-0.3, -0.25) is 19.2 Å². The molecule has 5 rings (SSSR count). The van der Waals surface area contributed by atoms with Crippen LogP contribution in [-0.2, 0) is 20.0 Å². The number of carbonyl (C=O) groups excluding carboxylic acids is 1. The Labute approximate surface area is 189 Å². The monoisotopic (exact) mass is 438 g/mol. The van der Waals surface area contributed by atoms with E-state index in [-0.39, 0.29) is 17.5 Å². The van der Waals surface area contributed by atoms with Gasteiger partial charge < -0.3 is 9.88 Å². The van der Waals surface area contributed by atoms with Crippen molar-refractivity contribution in [2.45, 2.75) is 83.3 Å². The molecule has 1 aliphatic carbocycles. The molecule has 2 aliphatic heterocycles. The molecule has 2 fully saturated rings. The van der Waals surface area contributed by atoms with E-state index in [1.807, 2.05) is 18.9 Å². The highest BCUT2D eigenvalue weighted by Crippen LogP contribution is 2.32. The third-order valence-corrected chi connectivity index (χ3v) is 7.76. The number of hydrogen-bond acceptors (Lipinski definition) is 5. The Morgan fingerprint density at radius 3 is 2.62 bits per heavy atom. The lowest BCUT2D eigenvalue weighted by atomic mass is 9.92. The van der Waals surface area contributed by atoms with Crippen LogP contribution >= 0.6 is 0 Å². The van der Waals surface area contributed by atoms with Crippen molar-refractivity contribution in [3.8, 4) is 0 Å². The molecule has 1 amide bonds. The Balaban J connectivity index is 1.43. The Bertz CT molecular complexity index is 1050. The van der Waals surface area contributed by atoms with Crippen molar-refractivity contribution in [2.24, 2.45) is 7.05 Å². The zero-order chi connectivity index (χ0) is 22.2. The number of carbonyl (C=O) groups is 1. The SMILES string of the molecule is Cc1c(C(=O)N2CCCC[C@@H]2c2nc3c(c(=O)[nH]2)CCN(C2CCCCC2)C3)cnn1C. The van der Waals surface area contributed by atoms with Gasteiger partial charge in [0.25, 0.3) is 11.5 Å². The number of aromatic amines is 1. The summed E-state index contributed by atoms with van der Waals surface area (Å²) in [6.07, 6.45) is 11.7. The third kappa shape index (κ3) is 3.89. The van der Waals surface area contributed by atoms with Gasteiger partial charge in [0.1, 0.15) is 5.82 Å². The van der Waals surface area contributed by atoms with Crippen LogP contribution in [0, 0.1) is 6.92 Å².